The summed E-state index contributed by atoms with van der Waals surface area (Å²) in [6.45, 7) is 3.15. The second kappa shape index (κ2) is 4.02. The summed E-state index contributed by atoms with van der Waals surface area (Å²) in [7, 11) is 1.74. The fourth-order valence-corrected chi connectivity index (χ4v) is 2.84. The van der Waals surface area contributed by atoms with Gasteiger partial charge in [-0.1, -0.05) is 37.3 Å². The van der Waals surface area contributed by atoms with Gasteiger partial charge in [0.15, 0.2) is 5.96 Å². The molecule has 3 heteroatoms. The first-order valence-electron chi connectivity index (χ1n) is 6.24. The average Bonchev–Trinajstić information content (AvgIpc) is 2.76. The molecule has 0 saturated heterocycles. The van der Waals surface area contributed by atoms with Gasteiger partial charge in [0.1, 0.15) is 0 Å². The van der Waals surface area contributed by atoms with E-state index in [1.165, 1.54) is 22.0 Å². The lowest BCUT2D eigenvalue weighted by Crippen LogP contribution is -2.36. The first-order chi connectivity index (χ1) is 8.72. The van der Waals surface area contributed by atoms with Gasteiger partial charge in [-0.3, -0.25) is 4.99 Å². The van der Waals surface area contributed by atoms with Crippen molar-refractivity contribution in [2.75, 3.05) is 18.5 Å². The normalized spacial score (nSPS) is 19.3. The van der Waals surface area contributed by atoms with Crippen molar-refractivity contribution in [3.63, 3.8) is 0 Å². The monoisotopic (exact) mass is 239 g/mol. The van der Waals surface area contributed by atoms with Crippen molar-refractivity contribution in [2.45, 2.75) is 12.8 Å². The fraction of sp³-hybridized carbons (Fsp3) is 0.267. The Bertz CT molecular complexity index is 631. The molecule has 1 atom stereocenters. The number of nitrogens with zero attached hydrogens (tertiary/aromatic N) is 2. The topological polar surface area (TPSA) is 41.6 Å². The minimum absolute atomic E-state index is 0.478. The number of hydrogen-bond donors (Lipinski definition) is 1. The van der Waals surface area contributed by atoms with Crippen LogP contribution in [0, 0.1) is 0 Å². The molecule has 1 aliphatic rings. The van der Waals surface area contributed by atoms with Crippen LogP contribution < -0.4 is 10.6 Å². The van der Waals surface area contributed by atoms with E-state index in [0.717, 1.165) is 6.54 Å². The first kappa shape index (κ1) is 11.1. The quantitative estimate of drug-likeness (QED) is 0.567. The van der Waals surface area contributed by atoms with Crippen LogP contribution in [0.3, 0.4) is 0 Å². The van der Waals surface area contributed by atoms with Crippen LogP contribution in [-0.2, 0) is 0 Å². The molecule has 0 spiro atoms. The molecule has 2 aromatic carbocycles. The fourth-order valence-electron chi connectivity index (χ4n) is 2.84. The van der Waals surface area contributed by atoms with Crippen LogP contribution in [0.1, 0.15) is 18.4 Å². The van der Waals surface area contributed by atoms with Crippen LogP contribution in [0.15, 0.2) is 41.4 Å². The van der Waals surface area contributed by atoms with Crippen LogP contribution in [0.4, 0.5) is 5.69 Å². The molecular weight excluding hydrogens is 222 g/mol. The zero-order chi connectivity index (χ0) is 12.7. The van der Waals surface area contributed by atoms with E-state index in [9.17, 15) is 0 Å². The number of nitrogens with two attached hydrogens (primary N) is 1. The standard InChI is InChI=1S/C15H17N3/c1-10-9-18(15(16)17-2)13-8-7-11-5-3-4-6-12(11)14(10)13/h3-8,10H,9H2,1-2H3,(H2,16,17). The van der Waals surface area contributed by atoms with E-state index in [4.69, 9.17) is 5.73 Å². The third-order valence-corrected chi connectivity index (χ3v) is 3.69. The largest absolute Gasteiger partial charge is 0.370 e. The molecule has 0 amide bonds. The predicted molar refractivity (Wildman–Crippen MR) is 77.3 cm³/mol. The predicted octanol–water partition coefficient (Wildman–Crippen LogP) is 2.71. The van der Waals surface area contributed by atoms with Gasteiger partial charge >= 0.3 is 0 Å². The molecule has 0 radical (unpaired) electrons. The highest BCUT2D eigenvalue weighted by Crippen LogP contribution is 2.40. The Kier molecular flexibility index (Phi) is 2.47. The summed E-state index contributed by atoms with van der Waals surface area (Å²) in [6, 6.07) is 12.8. The van der Waals surface area contributed by atoms with Gasteiger partial charge in [0.2, 0.25) is 0 Å². The summed E-state index contributed by atoms with van der Waals surface area (Å²) >= 11 is 0. The summed E-state index contributed by atoms with van der Waals surface area (Å²) < 4.78 is 0. The highest BCUT2D eigenvalue weighted by atomic mass is 15.3. The molecule has 1 aliphatic heterocycles. The Morgan fingerprint density at radius 3 is 2.83 bits per heavy atom. The van der Waals surface area contributed by atoms with Gasteiger partial charge in [0, 0.05) is 25.2 Å². The number of aliphatic imine (C=N–C) groups is 1. The van der Waals surface area contributed by atoms with Crippen molar-refractivity contribution >= 4 is 22.4 Å². The van der Waals surface area contributed by atoms with Gasteiger partial charge in [-0.2, -0.15) is 0 Å². The van der Waals surface area contributed by atoms with E-state index in [1.807, 2.05) is 0 Å². The summed E-state index contributed by atoms with van der Waals surface area (Å²) in [5, 5.41) is 2.62. The zero-order valence-corrected chi connectivity index (χ0v) is 10.7. The lowest BCUT2D eigenvalue weighted by atomic mass is 9.96. The van der Waals surface area contributed by atoms with Crippen LogP contribution in [0.2, 0.25) is 0 Å². The van der Waals surface area contributed by atoms with E-state index < -0.39 is 0 Å². The van der Waals surface area contributed by atoms with Crippen LogP contribution in [-0.4, -0.2) is 19.6 Å². The van der Waals surface area contributed by atoms with Crippen LogP contribution in [0.25, 0.3) is 10.8 Å². The summed E-state index contributed by atoms with van der Waals surface area (Å²) in [5.41, 5.74) is 8.56. The molecule has 0 bridgehead atoms. The Hall–Kier alpha value is -2.03. The van der Waals surface area contributed by atoms with E-state index >= 15 is 0 Å². The van der Waals surface area contributed by atoms with Gasteiger partial charge in [-0.15, -0.1) is 0 Å². The number of anilines is 1. The maximum Gasteiger partial charge on any atom is 0.195 e. The van der Waals surface area contributed by atoms with Gasteiger partial charge in [-0.25, -0.2) is 0 Å². The van der Waals surface area contributed by atoms with Crippen molar-refractivity contribution in [1.82, 2.24) is 0 Å². The third-order valence-electron chi connectivity index (χ3n) is 3.69. The molecule has 0 aliphatic carbocycles. The van der Waals surface area contributed by atoms with E-state index in [-0.39, 0.29) is 0 Å². The molecule has 1 unspecified atom stereocenters. The molecule has 0 saturated carbocycles. The van der Waals surface area contributed by atoms with Crippen molar-refractivity contribution in [2.24, 2.45) is 10.7 Å². The summed E-state index contributed by atoms with van der Waals surface area (Å²) in [4.78, 5) is 6.21. The molecule has 3 nitrogen and oxygen atoms in total. The minimum atomic E-state index is 0.478. The molecule has 0 fully saturated rings. The lowest BCUT2D eigenvalue weighted by molar-refractivity contribution is 0.823. The molecule has 1 heterocycles. The molecule has 0 aromatic heterocycles. The maximum absolute atomic E-state index is 5.98. The molecule has 92 valence electrons. The van der Waals surface area contributed by atoms with Crippen molar-refractivity contribution in [1.29, 1.82) is 0 Å². The second-order valence-corrected chi connectivity index (χ2v) is 4.81. The SMILES string of the molecule is CN=C(N)N1CC(C)c2c1ccc1ccccc21. The van der Waals surface area contributed by atoms with Gasteiger partial charge in [0.05, 0.1) is 0 Å². The Balaban J connectivity index is 2.26. The van der Waals surface area contributed by atoms with Crippen molar-refractivity contribution in [3.05, 3.63) is 42.0 Å². The van der Waals surface area contributed by atoms with E-state index in [0.29, 0.717) is 11.9 Å². The smallest absolute Gasteiger partial charge is 0.195 e. The van der Waals surface area contributed by atoms with Crippen LogP contribution >= 0.6 is 0 Å². The van der Waals surface area contributed by atoms with E-state index in [2.05, 4.69) is 53.2 Å². The number of guanidine groups is 1. The zero-order valence-electron chi connectivity index (χ0n) is 10.7. The van der Waals surface area contributed by atoms with Crippen LogP contribution in [0.5, 0.6) is 0 Å². The number of benzene rings is 2. The minimum Gasteiger partial charge on any atom is -0.370 e. The highest BCUT2D eigenvalue weighted by molar-refractivity contribution is 6.02. The summed E-state index contributed by atoms with van der Waals surface area (Å²) in [6.07, 6.45) is 0. The average molecular weight is 239 g/mol. The van der Waals surface area contributed by atoms with Gasteiger partial charge < -0.3 is 10.6 Å². The summed E-state index contributed by atoms with van der Waals surface area (Å²) in [5.74, 6) is 1.07. The lowest BCUT2D eigenvalue weighted by Gasteiger charge is -2.18. The Morgan fingerprint density at radius 1 is 1.28 bits per heavy atom. The second-order valence-electron chi connectivity index (χ2n) is 4.81. The van der Waals surface area contributed by atoms with Gasteiger partial charge in [0.25, 0.3) is 0 Å². The molecule has 3 rings (SSSR count). The molecule has 2 N–H and O–H groups in total. The van der Waals surface area contributed by atoms with E-state index in [1.54, 1.807) is 7.05 Å². The Labute approximate surface area is 107 Å². The third kappa shape index (κ3) is 1.47. The molecule has 2 aromatic rings. The Morgan fingerprint density at radius 2 is 2.06 bits per heavy atom. The van der Waals surface area contributed by atoms with Crippen molar-refractivity contribution < 1.29 is 0 Å². The van der Waals surface area contributed by atoms with Gasteiger partial charge in [-0.05, 0) is 22.4 Å². The number of rotatable bonds is 0. The number of fused-ring (bicyclic) bond motifs is 3. The molecule has 18 heavy (non-hydrogen) atoms. The maximum atomic E-state index is 5.98. The highest BCUT2D eigenvalue weighted by Gasteiger charge is 2.28. The first-order valence-corrected chi connectivity index (χ1v) is 6.24. The van der Waals surface area contributed by atoms with Crippen molar-refractivity contribution in [3.8, 4) is 0 Å². The number of hydrogen-bond acceptors (Lipinski definition) is 1. The molecular formula is C15H17N3.